The first-order valence-electron chi connectivity index (χ1n) is 5.60. The van der Waals surface area contributed by atoms with Crippen LogP contribution in [-0.4, -0.2) is 15.0 Å². The fourth-order valence-electron chi connectivity index (χ4n) is 1.69. The quantitative estimate of drug-likeness (QED) is 0.904. The summed E-state index contributed by atoms with van der Waals surface area (Å²) in [5.74, 6) is -0.859. The van der Waals surface area contributed by atoms with E-state index in [-0.39, 0.29) is 6.04 Å². The number of hydrogen-bond acceptors (Lipinski definition) is 3. The highest BCUT2D eigenvalue weighted by Gasteiger charge is 2.12. The lowest BCUT2D eigenvalue weighted by molar-refractivity contribution is 0.507. The van der Waals surface area contributed by atoms with Gasteiger partial charge in [-0.25, -0.2) is 8.78 Å². The molecule has 1 aromatic carbocycles. The van der Waals surface area contributed by atoms with Crippen molar-refractivity contribution in [1.82, 2.24) is 20.3 Å². The molecule has 0 fully saturated rings. The average Bonchev–Trinajstić information content (AvgIpc) is 2.75. The summed E-state index contributed by atoms with van der Waals surface area (Å²) < 4.78 is 28.2. The number of hydrogen-bond donors (Lipinski definition) is 1. The van der Waals surface area contributed by atoms with Crippen molar-refractivity contribution in [1.29, 1.82) is 0 Å². The molecule has 0 aliphatic rings. The summed E-state index contributed by atoms with van der Waals surface area (Å²) in [7, 11) is 1.78. The van der Waals surface area contributed by atoms with Gasteiger partial charge in [-0.1, -0.05) is 5.21 Å². The molecular weight excluding hydrogens is 238 g/mol. The maximum absolute atomic E-state index is 13.5. The Morgan fingerprint density at radius 1 is 1.39 bits per heavy atom. The number of nitrogens with zero attached hydrogens (tertiary/aromatic N) is 3. The number of nitrogens with one attached hydrogen (secondary N) is 1. The number of halogens is 2. The highest BCUT2D eigenvalue weighted by atomic mass is 19.1. The first-order valence-corrected chi connectivity index (χ1v) is 5.60. The van der Waals surface area contributed by atoms with Crippen molar-refractivity contribution in [3.8, 4) is 0 Å². The third kappa shape index (κ3) is 2.70. The molecule has 0 saturated heterocycles. The molecule has 0 bridgehead atoms. The topological polar surface area (TPSA) is 42.7 Å². The smallest absolute Gasteiger partial charge is 0.128 e. The average molecular weight is 252 g/mol. The van der Waals surface area contributed by atoms with Crippen LogP contribution >= 0.6 is 0 Å². The minimum absolute atomic E-state index is 0.296. The predicted molar refractivity (Wildman–Crippen MR) is 62.6 cm³/mol. The minimum atomic E-state index is -0.442. The van der Waals surface area contributed by atoms with Crippen LogP contribution in [0.3, 0.4) is 0 Å². The van der Waals surface area contributed by atoms with Crippen LogP contribution in [-0.2, 0) is 13.6 Å². The summed E-state index contributed by atoms with van der Waals surface area (Å²) in [6.45, 7) is 2.27. The standard InChI is InChI=1S/C12H14F2N4/c1-8(11-5-9(13)3-4-12(11)14)15-6-10-7-16-17-18(10)2/h3-5,7-8,15H,6H2,1-2H3. The Bertz CT molecular complexity index is 539. The molecule has 2 rings (SSSR count). The fraction of sp³-hybridized carbons (Fsp3) is 0.333. The van der Waals surface area contributed by atoms with Crippen LogP contribution in [0.25, 0.3) is 0 Å². The Kier molecular flexibility index (Phi) is 3.66. The van der Waals surface area contributed by atoms with Crippen LogP contribution in [0.5, 0.6) is 0 Å². The van der Waals surface area contributed by atoms with Crippen LogP contribution < -0.4 is 5.32 Å². The van der Waals surface area contributed by atoms with Crippen molar-refractivity contribution in [3.05, 3.63) is 47.3 Å². The Balaban J connectivity index is 2.06. The van der Waals surface area contributed by atoms with Gasteiger partial charge in [0.25, 0.3) is 0 Å². The second-order valence-electron chi connectivity index (χ2n) is 4.12. The summed E-state index contributed by atoms with van der Waals surface area (Å²) in [5.41, 5.74) is 1.18. The van der Waals surface area contributed by atoms with Crippen molar-refractivity contribution < 1.29 is 8.78 Å². The van der Waals surface area contributed by atoms with E-state index < -0.39 is 11.6 Å². The molecule has 0 radical (unpaired) electrons. The lowest BCUT2D eigenvalue weighted by Crippen LogP contribution is -2.20. The minimum Gasteiger partial charge on any atom is -0.304 e. The molecule has 0 amide bonds. The molecule has 1 N–H and O–H groups in total. The van der Waals surface area contributed by atoms with E-state index in [9.17, 15) is 8.78 Å². The Labute approximate surface area is 104 Å². The summed E-state index contributed by atoms with van der Waals surface area (Å²) >= 11 is 0. The van der Waals surface area contributed by atoms with Crippen molar-refractivity contribution in [2.75, 3.05) is 0 Å². The number of aromatic nitrogens is 3. The zero-order valence-electron chi connectivity index (χ0n) is 10.2. The van der Waals surface area contributed by atoms with Gasteiger partial charge in [-0.05, 0) is 25.1 Å². The van der Waals surface area contributed by atoms with Gasteiger partial charge >= 0.3 is 0 Å². The maximum atomic E-state index is 13.5. The molecule has 0 spiro atoms. The SMILES string of the molecule is CC(NCc1cnnn1C)c1cc(F)ccc1F. The van der Waals surface area contributed by atoms with Gasteiger partial charge in [0.2, 0.25) is 0 Å². The molecular formula is C12H14F2N4. The third-order valence-electron chi connectivity index (χ3n) is 2.82. The van der Waals surface area contributed by atoms with Crippen LogP contribution in [0, 0.1) is 11.6 Å². The number of benzene rings is 1. The first-order chi connectivity index (χ1) is 8.58. The molecule has 1 unspecified atom stereocenters. The van der Waals surface area contributed by atoms with Crippen molar-refractivity contribution >= 4 is 0 Å². The maximum Gasteiger partial charge on any atom is 0.128 e. The Morgan fingerprint density at radius 3 is 2.83 bits per heavy atom. The Hall–Kier alpha value is -1.82. The van der Waals surface area contributed by atoms with Gasteiger partial charge in [-0.15, -0.1) is 5.10 Å². The van der Waals surface area contributed by atoms with Gasteiger partial charge < -0.3 is 5.32 Å². The Morgan fingerprint density at radius 2 is 2.17 bits per heavy atom. The van der Waals surface area contributed by atoms with E-state index in [1.165, 1.54) is 6.07 Å². The molecule has 4 nitrogen and oxygen atoms in total. The summed E-state index contributed by atoms with van der Waals surface area (Å²) in [6, 6.07) is 3.15. The van der Waals surface area contributed by atoms with Gasteiger partial charge in [0, 0.05) is 25.2 Å². The van der Waals surface area contributed by atoms with Crippen molar-refractivity contribution in [2.45, 2.75) is 19.5 Å². The van der Waals surface area contributed by atoms with Crippen LogP contribution in [0.2, 0.25) is 0 Å². The zero-order chi connectivity index (χ0) is 13.1. The highest BCUT2D eigenvalue weighted by Crippen LogP contribution is 2.18. The largest absolute Gasteiger partial charge is 0.304 e. The second kappa shape index (κ2) is 5.22. The van der Waals surface area contributed by atoms with Gasteiger partial charge in [-0.3, -0.25) is 4.68 Å². The molecule has 18 heavy (non-hydrogen) atoms. The molecule has 1 atom stereocenters. The van der Waals surface area contributed by atoms with Crippen LogP contribution in [0.4, 0.5) is 8.78 Å². The van der Waals surface area contributed by atoms with E-state index in [1.807, 2.05) is 0 Å². The lowest BCUT2D eigenvalue weighted by atomic mass is 10.1. The van der Waals surface area contributed by atoms with E-state index >= 15 is 0 Å². The molecule has 1 aromatic heterocycles. The van der Waals surface area contributed by atoms with E-state index in [4.69, 9.17) is 0 Å². The van der Waals surface area contributed by atoms with Gasteiger partial charge in [0.05, 0.1) is 11.9 Å². The highest BCUT2D eigenvalue weighted by molar-refractivity contribution is 5.21. The van der Waals surface area contributed by atoms with E-state index in [0.29, 0.717) is 12.1 Å². The van der Waals surface area contributed by atoms with E-state index in [1.54, 1.807) is 24.9 Å². The second-order valence-corrected chi connectivity index (χ2v) is 4.12. The lowest BCUT2D eigenvalue weighted by Gasteiger charge is -2.14. The predicted octanol–water partition coefficient (Wildman–Crippen LogP) is 1.94. The normalized spacial score (nSPS) is 12.7. The van der Waals surface area contributed by atoms with Crippen LogP contribution in [0.15, 0.2) is 24.4 Å². The number of aryl methyl sites for hydroxylation is 1. The molecule has 2 aromatic rings. The van der Waals surface area contributed by atoms with Crippen molar-refractivity contribution in [2.24, 2.45) is 7.05 Å². The summed E-state index contributed by atoms with van der Waals surface area (Å²) in [6.07, 6.45) is 1.63. The molecule has 1 heterocycles. The molecule has 6 heteroatoms. The van der Waals surface area contributed by atoms with Gasteiger partial charge in [0.1, 0.15) is 11.6 Å². The molecule has 96 valence electrons. The van der Waals surface area contributed by atoms with Gasteiger partial charge in [0.15, 0.2) is 0 Å². The first kappa shape index (κ1) is 12.6. The molecule has 0 saturated carbocycles. The third-order valence-corrected chi connectivity index (χ3v) is 2.82. The fourth-order valence-corrected chi connectivity index (χ4v) is 1.69. The summed E-state index contributed by atoms with van der Waals surface area (Å²) in [4.78, 5) is 0. The van der Waals surface area contributed by atoms with Crippen LogP contribution in [0.1, 0.15) is 24.2 Å². The van der Waals surface area contributed by atoms with Crippen molar-refractivity contribution in [3.63, 3.8) is 0 Å². The zero-order valence-corrected chi connectivity index (χ0v) is 10.2. The number of rotatable bonds is 4. The molecule has 0 aliphatic carbocycles. The van der Waals surface area contributed by atoms with E-state index in [2.05, 4.69) is 15.6 Å². The van der Waals surface area contributed by atoms with Gasteiger partial charge in [-0.2, -0.15) is 0 Å². The summed E-state index contributed by atoms with van der Waals surface area (Å²) in [5, 5.41) is 10.6. The monoisotopic (exact) mass is 252 g/mol. The van der Waals surface area contributed by atoms with E-state index in [0.717, 1.165) is 17.8 Å². The molecule has 0 aliphatic heterocycles.